The first-order valence-corrected chi connectivity index (χ1v) is 8.59. The summed E-state index contributed by atoms with van der Waals surface area (Å²) in [5, 5.41) is 3.02. The number of ketones is 2. The predicted octanol–water partition coefficient (Wildman–Crippen LogP) is 1.67. The summed E-state index contributed by atoms with van der Waals surface area (Å²) in [7, 11) is 1.57. The molecule has 2 atom stereocenters. The topological polar surface area (TPSA) is 95.9 Å². The van der Waals surface area contributed by atoms with Gasteiger partial charge in [-0.25, -0.2) is 4.79 Å². The van der Waals surface area contributed by atoms with Crippen LogP contribution in [0.2, 0.25) is 0 Å². The van der Waals surface area contributed by atoms with Crippen molar-refractivity contribution in [2.45, 2.75) is 39.0 Å². The molecule has 0 aromatic carbocycles. The van der Waals surface area contributed by atoms with Crippen LogP contribution in [0.1, 0.15) is 51.6 Å². The van der Waals surface area contributed by atoms with Gasteiger partial charge in [0, 0.05) is 32.2 Å². The van der Waals surface area contributed by atoms with E-state index in [0.717, 1.165) is 0 Å². The van der Waals surface area contributed by atoms with E-state index >= 15 is 0 Å². The van der Waals surface area contributed by atoms with Gasteiger partial charge in [0.15, 0.2) is 6.10 Å². The molecule has 8 heteroatoms. The van der Waals surface area contributed by atoms with Crippen LogP contribution in [0.15, 0.2) is 11.3 Å². The van der Waals surface area contributed by atoms with E-state index in [1.165, 1.54) is 0 Å². The average molecular weight is 360 g/mol. The number of methoxy groups -OCH3 is 1. The van der Waals surface area contributed by atoms with Gasteiger partial charge in [-0.05, 0) is 19.4 Å². The van der Waals surface area contributed by atoms with Gasteiger partial charge >= 0.3 is 6.16 Å². The molecular formula is C18H20N2O6. The Balaban J connectivity index is 1.80. The molecule has 1 aliphatic carbocycles. The molecule has 1 fully saturated rings. The van der Waals surface area contributed by atoms with Crippen molar-refractivity contribution < 1.29 is 28.6 Å². The molecular weight excluding hydrogens is 340 g/mol. The zero-order valence-electron chi connectivity index (χ0n) is 14.9. The standard InChI is InChI=1S/C18H20N2O6/c1-8-11-14(15(21)9(2)12(16(11)22)19-5-7-24-3)20-6-4-10-17(13(8)20)26-18(23)25-10/h10,17,19H,4-7H2,1-3H3/t10-,17-/m0/s1. The second kappa shape index (κ2) is 5.98. The molecule has 1 N–H and O–H groups in total. The van der Waals surface area contributed by atoms with E-state index in [0.29, 0.717) is 59.9 Å². The highest BCUT2D eigenvalue weighted by molar-refractivity contribution is 6.26. The molecule has 4 rings (SSSR count). The number of nitrogens with zero attached hydrogens (tertiary/aromatic N) is 1. The Kier molecular flexibility index (Phi) is 3.87. The molecule has 0 unspecified atom stereocenters. The minimum absolute atomic E-state index is 0.183. The van der Waals surface area contributed by atoms with Crippen LogP contribution >= 0.6 is 0 Å². The number of allylic oxidation sites excluding steroid dienone is 2. The molecule has 0 amide bonds. The van der Waals surface area contributed by atoms with Crippen LogP contribution in [0.5, 0.6) is 0 Å². The van der Waals surface area contributed by atoms with Gasteiger partial charge in [0.05, 0.1) is 23.6 Å². The summed E-state index contributed by atoms with van der Waals surface area (Å²) in [6.07, 6.45) is -1.11. The second-order valence-electron chi connectivity index (χ2n) is 6.70. The maximum Gasteiger partial charge on any atom is 0.509 e. The van der Waals surface area contributed by atoms with Crippen LogP contribution in [-0.2, 0) is 20.8 Å². The van der Waals surface area contributed by atoms with E-state index in [2.05, 4.69) is 5.32 Å². The lowest BCUT2D eigenvalue weighted by Gasteiger charge is -2.26. The van der Waals surface area contributed by atoms with E-state index < -0.39 is 12.3 Å². The molecule has 1 aromatic rings. The molecule has 0 spiro atoms. The van der Waals surface area contributed by atoms with E-state index in [-0.39, 0.29) is 17.7 Å². The van der Waals surface area contributed by atoms with E-state index in [4.69, 9.17) is 14.2 Å². The van der Waals surface area contributed by atoms with Crippen molar-refractivity contribution in [2.24, 2.45) is 0 Å². The normalized spacial score (nSPS) is 24.0. The lowest BCUT2D eigenvalue weighted by atomic mass is 9.90. The van der Waals surface area contributed by atoms with Gasteiger partial charge in [-0.3, -0.25) is 9.59 Å². The SMILES string of the molecule is COCCNC1=C(C)C(=O)c2c(c(C)c3n2CC[C@@H]2OC(=O)O[C@H]32)C1=O. The fourth-order valence-corrected chi connectivity index (χ4v) is 4.05. The van der Waals surface area contributed by atoms with Crippen molar-refractivity contribution in [1.82, 2.24) is 9.88 Å². The molecule has 3 heterocycles. The Labute approximate surface area is 150 Å². The third kappa shape index (κ3) is 2.21. The number of hydrogen-bond acceptors (Lipinski definition) is 7. The molecule has 0 bridgehead atoms. The monoisotopic (exact) mass is 360 g/mol. The minimum Gasteiger partial charge on any atom is -0.426 e. The summed E-state index contributed by atoms with van der Waals surface area (Å²) in [6, 6.07) is 0. The van der Waals surface area contributed by atoms with Crippen molar-refractivity contribution in [3.63, 3.8) is 0 Å². The van der Waals surface area contributed by atoms with Gasteiger partial charge in [0.2, 0.25) is 11.6 Å². The van der Waals surface area contributed by atoms with Crippen LogP contribution in [0.25, 0.3) is 0 Å². The highest BCUT2D eigenvalue weighted by Gasteiger charge is 2.47. The maximum atomic E-state index is 13.1. The van der Waals surface area contributed by atoms with Crippen molar-refractivity contribution in [2.75, 3.05) is 20.3 Å². The number of fused-ring (bicyclic) bond motifs is 5. The van der Waals surface area contributed by atoms with E-state index in [1.807, 2.05) is 4.57 Å². The van der Waals surface area contributed by atoms with Gasteiger partial charge in [0.1, 0.15) is 11.8 Å². The summed E-state index contributed by atoms with van der Waals surface area (Å²) in [6.45, 7) is 4.80. The summed E-state index contributed by atoms with van der Waals surface area (Å²) in [5.74, 6) is -0.396. The summed E-state index contributed by atoms with van der Waals surface area (Å²) in [5.41, 5.74) is 2.83. The van der Waals surface area contributed by atoms with Crippen LogP contribution in [0, 0.1) is 6.92 Å². The number of aromatic nitrogens is 1. The zero-order valence-corrected chi connectivity index (χ0v) is 14.9. The van der Waals surface area contributed by atoms with Crippen molar-refractivity contribution >= 4 is 17.7 Å². The number of ether oxygens (including phenoxy) is 3. The van der Waals surface area contributed by atoms with Gasteiger partial charge < -0.3 is 24.1 Å². The Morgan fingerprint density at radius 1 is 1.19 bits per heavy atom. The quantitative estimate of drug-likeness (QED) is 0.644. The van der Waals surface area contributed by atoms with E-state index in [9.17, 15) is 14.4 Å². The van der Waals surface area contributed by atoms with Crippen molar-refractivity contribution in [1.29, 1.82) is 0 Å². The summed E-state index contributed by atoms with van der Waals surface area (Å²) in [4.78, 5) is 37.6. The largest absolute Gasteiger partial charge is 0.509 e. The van der Waals surface area contributed by atoms with Crippen LogP contribution < -0.4 is 5.32 Å². The lowest BCUT2D eigenvalue weighted by Crippen LogP contribution is -2.33. The smallest absolute Gasteiger partial charge is 0.426 e. The third-order valence-electron chi connectivity index (χ3n) is 5.26. The van der Waals surface area contributed by atoms with Gasteiger partial charge in [-0.1, -0.05) is 0 Å². The molecule has 1 aromatic heterocycles. The number of rotatable bonds is 4. The van der Waals surface area contributed by atoms with Crippen LogP contribution in [0.3, 0.4) is 0 Å². The molecule has 138 valence electrons. The zero-order chi connectivity index (χ0) is 18.6. The average Bonchev–Trinajstić information content (AvgIpc) is 3.13. The Hall–Kier alpha value is -2.61. The van der Waals surface area contributed by atoms with Crippen molar-refractivity contribution in [3.05, 3.63) is 33.8 Å². The van der Waals surface area contributed by atoms with Gasteiger partial charge in [-0.15, -0.1) is 0 Å². The number of carbonyl (C=O) groups excluding carboxylic acids is 3. The third-order valence-corrected chi connectivity index (χ3v) is 5.26. The molecule has 0 saturated carbocycles. The highest BCUT2D eigenvalue weighted by atomic mass is 16.8. The second-order valence-corrected chi connectivity index (χ2v) is 6.70. The number of Topliss-reactive ketones (excluding diaryl/α,β-unsaturated/α-hetero) is 2. The molecule has 26 heavy (non-hydrogen) atoms. The first-order valence-electron chi connectivity index (χ1n) is 8.59. The summed E-state index contributed by atoms with van der Waals surface area (Å²) < 4.78 is 17.3. The van der Waals surface area contributed by atoms with Gasteiger partial charge in [-0.2, -0.15) is 0 Å². The number of nitrogens with one attached hydrogen (secondary N) is 1. The van der Waals surface area contributed by atoms with Crippen LogP contribution in [-0.4, -0.2) is 48.7 Å². The van der Waals surface area contributed by atoms with Crippen molar-refractivity contribution in [3.8, 4) is 0 Å². The molecule has 0 radical (unpaired) electrons. The molecule has 8 nitrogen and oxygen atoms in total. The Morgan fingerprint density at radius 2 is 1.96 bits per heavy atom. The van der Waals surface area contributed by atoms with E-state index in [1.54, 1.807) is 21.0 Å². The molecule has 2 aliphatic heterocycles. The van der Waals surface area contributed by atoms with Crippen LogP contribution in [0.4, 0.5) is 4.79 Å². The molecule has 1 saturated heterocycles. The first-order chi connectivity index (χ1) is 12.5. The highest BCUT2D eigenvalue weighted by Crippen LogP contribution is 2.43. The lowest BCUT2D eigenvalue weighted by molar-refractivity contribution is 0.0950. The number of hydrogen-bond donors (Lipinski definition) is 1. The predicted molar refractivity (Wildman–Crippen MR) is 89.1 cm³/mol. The fourth-order valence-electron chi connectivity index (χ4n) is 4.05. The first kappa shape index (κ1) is 16.8. The van der Waals surface area contributed by atoms with Gasteiger partial charge in [0.25, 0.3) is 0 Å². The minimum atomic E-state index is -0.707. The number of carbonyl (C=O) groups is 3. The summed E-state index contributed by atoms with van der Waals surface area (Å²) >= 11 is 0. The Morgan fingerprint density at radius 3 is 2.69 bits per heavy atom. The fraction of sp³-hybridized carbons (Fsp3) is 0.500. The molecule has 3 aliphatic rings. The maximum absolute atomic E-state index is 13.1. The Bertz CT molecular complexity index is 866.